The van der Waals surface area contributed by atoms with Crippen LogP contribution < -0.4 is 15.0 Å². The van der Waals surface area contributed by atoms with E-state index in [1.54, 1.807) is 29.9 Å². The number of benzene rings is 3. The van der Waals surface area contributed by atoms with Gasteiger partial charge in [0, 0.05) is 29.5 Å². The fourth-order valence-electron chi connectivity index (χ4n) is 4.01. The van der Waals surface area contributed by atoms with Crippen molar-refractivity contribution in [2.24, 2.45) is 0 Å². The normalized spacial score (nSPS) is 12.0. The van der Waals surface area contributed by atoms with Crippen molar-refractivity contribution < 1.29 is 9.53 Å². The second-order valence-electron chi connectivity index (χ2n) is 8.61. The van der Waals surface area contributed by atoms with Crippen molar-refractivity contribution in [2.45, 2.75) is 40.7 Å². The van der Waals surface area contributed by atoms with Gasteiger partial charge in [-0.3, -0.25) is 4.79 Å². The summed E-state index contributed by atoms with van der Waals surface area (Å²) in [5, 5.41) is 13.1. The Hall–Kier alpha value is -3.29. The summed E-state index contributed by atoms with van der Waals surface area (Å²) in [6.45, 7) is 11.8. The fraction of sp³-hybridized carbons (Fsp3) is 0.296. The minimum atomic E-state index is -0.776. The monoisotopic (exact) mass is 525 g/mol. The van der Waals surface area contributed by atoms with Crippen molar-refractivity contribution in [3.8, 4) is 11.4 Å². The van der Waals surface area contributed by atoms with Gasteiger partial charge in [0.25, 0.3) is 5.91 Å². The number of aryl methyl sites for hydroxylation is 2. The van der Waals surface area contributed by atoms with Crippen LogP contribution in [0.2, 0.25) is 10.0 Å². The maximum Gasteiger partial charge on any atom is 0.265 e. The van der Waals surface area contributed by atoms with Gasteiger partial charge in [-0.2, -0.15) is 4.80 Å². The lowest BCUT2D eigenvalue weighted by atomic mass is 10.1. The molecule has 0 aliphatic carbocycles. The molecule has 0 fully saturated rings. The third kappa shape index (κ3) is 5.42. The molecule has 36 heavy (non-hydrogen) atoms. The zero-order valence-electron chi connectivity index (χ0n) is 21.0. The Kier molecular flexibility index (Phi) is 7.71. The SMILES string of the molecule is CCN(CC)c1ccc(-n2nc3cc(C)c(NC(=O)[C@@H](C)Oc4ccc(Cl)cc4Cl)cc3n2)c(C)c1. The average Bonchev–Trinajstić information content (AvgIpc) is 3.24. The number of rotatable bonds is 8. The van der Waals surface area contributed by atoms with Gasteiger partial charge in [0.05, 0.1) is 10.7 Å². The largest absolute Gasteiger partial charge is 0.479 e. The highest BCUT2D eigenvalue weighted by Gasteiger charge is 2.19. The Morgan fingerprint density at radius 2 is 1.69 bits per heavy atom. The quantitative estimate of drug-likeness (QED) is 0.280. The number of nitrogens with one attached hydrogen (secondary N) is 1. The van der Waals surface area contributed by atoms with Crippen LogP contribution in [0.3, 0.4) is 0 Å². The maximum absolute atomic E-state index is 12.8. The van der Waals surface area contributed by atoms with Gasteiger partial charge in [0.2, 0.25) is 0 Å². The van der Waals surface area contributed by atoms with E-state index in [1.165, 1.54) is 5.69 Å². The van der Waals surface area contributed by atoms with Gasteiger partial charge in [-0.25, -0.2) is 0 Å². The van der Waals surface area contributed by atoms with E-state index in [9.17, 15) is 4.79 Å². The first kappa shape index (κ1) is 25.8. The lowest BCUT2D eigenvalue weighted by Gasteiger charge is -2.22. The third-order valence-electron chi connectivity index (χ3n) is 6.08. The van der Waals surface area contributed by atoms with Crippen LogP contribution >= 0.6 is 23.2 Å². The summed E-state index contributed by atoms with van der Waals surface area (Å²) < 4.78 is 5.74. The van der Waals surface area contributed by atoms with Crippen LogP contribution in [0.1, 0.15) is 31.9 Å². The van der Waals surface area contributed by atoms with E-state index >= 15 is 0 Å². The molecule has 4 rings (SSSR count). The maximum atomic E-state index is 12.8. The van der Waals surface area contributed by atoms with Gasteiger partial charge >= 0.3 is 0 Å². The topological polar surface area (TPSA) is 72.3 Å². The molecule has 1 N–H and O–H groups in total. The summed E-state index contributed by atoms with van der Waals surface area (Å²) in [5.41, 5.74) is 6.10. The van der Waals surface area contributed by atoms with E-state index in [4.69, 9.17) is 27.9 Å². The van der Waals surface area contributed by atoms with Crippen molar-refractivity contribution in [3.63, 3.8) is 0 Å². The number of hydrogen-bond acceptors (Lipinski definition) is 5. The van der Waals surface area contributed by atoms with Gasteiger partial charge in [-0.1, -0.05) is 23.2 Å². The van der Waals surface area contributed by atoms with E-state index in [0.717, 1.165) is 35.4 Å². The van der Waals surface area contributed by atoms with Crippen LogP contribution in [0.4, 0.5) is 11.4 Å². The average molecular weight is 526 g/mol. The number of nitrogens with zero attached hydrogens (tertiary/aromatic N) is 4. The Labute approximate surface area is 220 Å². The number of carbonyl (C=O) groups is 1. The highest BCUT2D eigenvalue weighted by atomic mass is 35.5. The van der Waals surface area contributed by atoms with Gasteiger partial charge < -0.3 is 15.0 Å². The first-order valence-electron chi connectivity index (χ1n) is 11.9. The molecule has 0 unspecified atom stereocenters. The van der Waals surface area contributed by atoms with Crippen molar-refractivity contribution in [1.82, 2.24) is 15.0 Å². The van der Waals surface area contributed by atoms with E-state index in [0.29, 0.717) is 27.0 Å². The summed E-state index contributed by atoms with van der Waals surface area (Å²) in [5.74, 6) is 0.0833. The second kappa shape index (κ2) is 10.8. The molecular weight excluding hydrogens is 497 g/mol. The molecule has 1 heterocycles. The number of carbonyl (C=O) groups excluding carboxylic acids is 1. The number of halogens is 2. The summed E-state index contributed by atoms with van der Waals surface area (Å²) >= 11 is 12.1. The van der Waals surface area contributed by atoms with Crippen LogP contribution in [-0.2, 0) is 4.79 Å². The number of ether oxygens (including phenoxy) is 1. The molecule has 0 radical (unpaired) electrons. The predicted octanol–water partition coefficient (Wildman–Crippen LogP) is 6.60. The molecule has 4 aromatic rings. The molecule has 7 nitrogen and oxygen atoms in total. The molecule has 1 aromatic heterocycles. The predicted molar refractivity (Wildman–Crippen MR) is 147 cm³/mol. The fourth-order valence-corrected chi connectivity index (χ4v) is 4.46. The number of aromatic nitrogens is 3. The van der Waals surface area contributed by atoms with Crippen molar-refractivity contribution in [3.05, 3.63) is 69.7 Å². The minimum Gasteiger partial charge on any atom is -0.479 e. The zero-order valence-corrected chi connectivity index (χ0v) is 22.5. The Morgan fingerprint density at radius 1 is 1.00 bits per heavy atom. The molecule has 188 valence electrons. The van der Waals surface area contributed by atoms with Crippen LogP contribution in [0.25, 0.3) is 16.7 Å². The van der Waals surface area contributed by atoms with Gasteiger partial charge in [0.15, 0.2) is 6.10 Å². The molecule has 0 spiro atoms. The molecule has 0 aliphatic heterocycles. The van der Waals surface area contributed by atoms with Crippen LogP contribution in [0, 0.1) is 13.8 Å². The summed E-state index contributed by atoms with van der Waals surface area (Å²) in [4.78, 5) is 16.8. The Balaban J connectivity index is 1.55. The summed E-state index contributed by atoms with van der Waals surface area (Å²) in [7, 11) is 0. The Bertz CT molecular complexity index is 1420. The number of fused-ring (bicyclic) bond motifs is 1. The van der Waals surface area contributed by atoms with Gasteiger partial charge in [0.1, 0.15) is 16.8 Å². The number of anilines is 2. The van der Waals surface area contributed by atoms with Crippen LogP contribution in [0.15, 0.2) is 48.5 Å². The minimum absolute atomic E-state index is 0.307. The third-order valence-corrected chi connectivity index (χ3v) is 6.61. The van der Waals surface area contributed by atoms with Crippen LogP contribution in [-0.4, -0.2) is 40.1 Å². The van der Waals surface area contributed by atoms with Crippen molar-refractivity contribution >= 4 is 51.5 Å². The van der Waals surface area contributed by atoms with Gasteiger partial charge in [-0.15, -0.1) is 10.2 Å². The van der Waals surface area contributed by atoms with Crippen molar-refractivity contribution in [1.29, 1.82) is 0 Å². The zero-order chi connectivity index (χ0) is 26.0. The van der Waals surface area contributed by atoms with Crippen molar-refractivity contribution in [2.75, 3.05) is 23.3 Å². The second-order valence-corrected chi connectivity index (χ2v) is 9.46. The molecule has 3 aromatic carbocycles. The molecular formula is C27H29Cl2N5O2. The number of hydrogen-bond donors (Lipinski definition) is 1. The van der Waals surface area contributed by atoms with E-state index in [2.05, 4.69) is 53.3 Å². The summed E-state index contributed by atoms with van der Waals surface area (Å²) in [6.07, 6.45) is -0.776. The molecule has 0 aliphatic rings. The molecule has 1 amide bonds. The molecule has 0 saturated heterocycles. The first-order chi connectivity index (χ1) is 17.2. The first-order valence-corrected chi connectivity index (χ1v) is 12.6. The van der Waals surface area contributed by atoms with E-state index in [-0.39, 0.29) is 5.91 Å². The Morgan fingerprint density at radius 3 is 2.33 bits per heavy atom. The van der Waals surface area contributed by atoms with Gasteiger partial charge in [-0.05, 0) is 94.3 Å². The lowest BCUT2D eigenvalue weighted by Crippen LogP contribution is -2.30. The highest BCUT2D eigenvalue weighted by molar-refractivity contribution is 6.35. The molecule has 0 bridgehead atoms. The smallest absolute Gasteiger partial charge is 0.265 e. The van der Waals surface area contributed by atoms with E-state index < -0.39 is 6.10 Å². The molecule has 1 atom stereocenters. The standard InChI is InChI=1S/C27H29Cl2N5O2/c1-6-33(7-2)20-9-10-25(17(4)12-20)34-31-23-13-16(3)22(15-24(23)32-34)30-27(35)18(5)36-26-11-8-19(28)14-21(26)29/h8-15,18H,6-7H2,1-5H3,(H,30,35)/t18-/m1/s1. The van der Waals surface area contributed by atoms with E-state index in [1.807, 2.05) is 25.1 Å². The summed E-state index contributed by atoms with van der Waals surface area (Å²) in [6, 6.07) is 14.9. The molecule has 0 saturated carbocycles. The highest BCUT2D eigenvalue weighted by Crippen LogP contribution is 2.29. The number of amides is 1. The lowest BCUT2D eigenvalue weighted by molar-refractivity contribution is -0.122. The van der Waals surface area contributed by atoms with Crippen LogP contribution in [0.5, 0.6) is 5.75 Å². The molecule has 9 heteroatoms.